The Morgan fingerprint density at radius 1 is 1.36 bits per heavy atom. The molecular weight excluding hydrogens is 180 g/mol. The summed E-state index contributed by atoms with van der Waals surface area (Å²) >= 11 is 4.80. The minimum absolute atomic E-state index is 0.654. The van der Waals surface area contributed by atoms with Gasteiger partial charge in [-0.1, -0.05) is 11.6 Å². The average Bonchev–Trinajstić information content (AvgIpc) is 2.05. The quantitative estimate of drug-likeness (QED) is 0.654. The van der Waals surface area contributed by atoms with Crippen LogP contribution in [0.4, 0.5) is 0 Å². The molecule has 0 aliphatic heterocycles. The van der Waals surface area contributed by atoms with Crippen molar-refractivity contribution in [2.24, 2.45) is 0 Å². The molecule has 1 rings (SSSR count). The smallest absolute Gasteiger partial charge is 0.152 e. The molecule has 0 aliphatic rings. The molecule has 0 amide bonds. The van der Waals surface area contributed by atoms with E-state index in [9.17, 15) is 4.55 Å². The second-order valence-corrected chi connectivity index (χ2v) is 4.26. The van der Waals surface area contributed by atoms with Crippen molar-refractivity contribution in [1.29, 1.82) is 0 Å². The molecule has 0 radical (unpaired) electrons. The van der Waals surface area contributed by atoms with Crippen LogP contribution in [0.3, 0.4) is 0 Å². The second kappa shape index (κ2) is 4.00. The molecular formula is C8H9ClOS. The van der Waals surface area contributed by atoms with Gasteiger partial charge in [-0.3, -0.25) is 0 Å². The van der Waals surface area contributed by atoms with Gasteiger partial charge in [-0.25, -0.2) is 0 Å². The minimum Gasteiger partial charge on any atom is -0.611 e. The van der Waals surface area contributed by atoms with Crippen LogP contribution in [0.25, 0.3) is 0 Å². The van der Waals surface area contributed by atoms with E-state index in [1.54, 1.807) is 24.3 Å². The second-order valence-electron chi connectivity index (χ2n) is 2.09. The maximum Gasteiger partial charge on any atom is 0.152 e. The Hall–Kier alpha value is -0.180. The molecule has 1 aromatic carbocycles. The van der Waals surface area contributed by atoms with E-state index in [2.05, 4.69) is 0 Å². The Labute approximate surface area is 74.6 Å². The van der Waals surface area contributed by atoms with Crippen molar-refractivity contribution in [2.45, 2.75) is 11.8 Å². The monoisotopic (exact) mass is 188 g/mol. The summed E-state index contributed by atoms with van der Waals surface area (Å²) in [4.78, 5) is 0.844. The van der Waals surface area contributed by atoms with Crippen molar-refractivity contribution in [3.8, 4) is 0 Å². The van der Waals surface area contributed by atoms with Crippen molar-refractivity contribution in [3.05, 3.63) is 29.3 Å². The molecule has 11 heavy (non-hydrogen) atoms. The van der Waals surface area contributed by atoms with Gasteiger partial charge < -0.3 is 4.55 Å². The number of rotatable bonds is 2. The Balaban J connectivity index is 2.81. The lowest BCUT2D eigenvalue weighted by Gasteiger charge is -2.06. The molecule has 0 heterocycles. The summed E-state index contributed by atoms with van der Waals surface area (Å²) in [5.41, 5.74) is 0. The van der Waals surface area contributed by atoms with E-state index in [0.29, 0.717) is 10.8 Å². The van der Waals surface area contributed by atoms with Gasteiger partial charge >= 0.3 is 0 Å². The molecule has 0 aliphatic carbocycles. The van der Waals surface area contributed by atoms with Crippen molar-refractivity contribution in [1.82, 2.24) is 0 Å². The van der Waals surface area contributed by atoms with Crippen LogP contribution in [0.15, 0.2) is 29.2 Å². The summed E-state index contributed by atoms with van der Waals surface area (Å²) in [6.45, 7) is 1.89. The first-order chi connectivity index (χ1) is 5.24. The molecule has 0 saturated carbocycles. The van der Waals surface area contributed by atoms with Gasteiger partial charge in [-0.05, 0) is 42.4 Å². The van der Waals surface area contributed by atoms with Gasteiger partial charge in [0, 0.05) is 5.02 Å². The molecule has 1 unspecified atom stereocenters. The van der Waals surface area contributed by atoms with Crippen LogP contribution < -0.4 is 0 Å². The Kier molecular flexibility index (Phi) is 3.24. The molecule has 3 heteroatoms. The van der Waals surface area contributed by atoms with Crippen LogP contribution in [0.1, 0.15) is 6.92 Å². The van der Waals surface area contributed by atoms with Gasteiger partial charge in [-0.15, -0.1) is 0 Å². The maximum atomic E-state index is 11.2. The van der Waals surface area contributed by atoms with Gasteiger partial charge in [0.2, 0.25) is 0 Å². The molecule has 0 aromatic heterocycles. The molecule has 60 valence electrons. The zero-order valence-corrected chi connectivity index (χ0v) is 7.78. The predicted octanol–water partition coefficient (Wildman–Crippen LogP) is 2.47. The lowest BCUT2D eigenvalue weighted by atomic mass is 10.4. The van der Waals surface area contributed by atoms with Crippen molar-refractivity contribution in [3.63, 3.8) is 0 Å². The molecule has 1 atom stereocenters. The lowest BCUT2D eigenvalue weighted by Crippen LogP contribution is -2.02. The van der Waals surface area contributed by atoms with Crippen LogP contribution in [-0.4, -0.2) is 10.3 Å². The van der Waals surface area contributed by atoms with Gasteiger partial charge in [0.05, 0.1) is 0 Å². The molecule has 0 spiro atoms. The largest absolute Gasteiger partial charge is 0.611 e. The summed E-state index contributed by atoms with van der Waals surface area (Å²) in [7, 11) is 0. The molecule has 0 saturated heterocycles. The third-order valence-corrected chi connectivity index (χ3v) is 2.91. The van der Waals surface area contributed by atoms with Gasteiger partial charge in [0.15, 0.2) is 4.90 Å². The van der Waals surface area contributed by atoms with E-state index in [1.165, 1.54) is 0 Å². The molecule has 1 aromatic rings. The third kappa shape index (κ3) is 2.40. The van der Waals surface area contributed by atoms with Crippen LogP contribution in [-0.2, 0) is 11.2 Å². The van der Waals surface area contributed by atoms with Crippen LogP contribution in [0.5, 0.6) is 0 Å². The lowest BCUT2D eigenvalue weighted by molar-refractivity contribution is 0.596. The van der Waals surface area contributed by atoms with Crippen LogP contribution in [0, 0.1) is 0 Å². The van der Waals surface area contributed by atoms with Crippen molar-refractivity contribution < 1.29 is 4.55 Å². The highest BCUT2D eigenvalue weighted by Gasteiger charge is 2.05. The number of benzene rings is 1. The highest BCUT2D eigenvalue weighted by atomic mass is 35.5. The van der Waals surface area contributed by atoms with Crippen molar-refractivity contribution in [2.75, 3.05) is 5.75 Å². The summed E-state index contributed by atoms with van der Waals surface area (Å²) < 4.78 is 11.2. The number of hydrogen-bond donors (Lipinski definition) is 0. The zero-order valence-electron chi connectivity index (χ0n) is 6.21. The number of hydrogen-bond acceptors (Lipinski definition) is 1. The normalized spacial score (nSPS) is 13.0. The standard InChI is InChI=1S/C8H9ClOS/c1-2-11(10)8-5-3-7(9)4-6-8/h3-6H,2H2,1H3. The van der Waals surface area contributed by atoms with E-state index in [4.69, 9.17) is 11.6 Å². The first-order valence-corrected chi connectivity index (χ1v) is 5.07. The van der Waals surface area contributed by atoms with E-state index >= 15 is 0 Å². The van der Waals surface area contributed by atoms with E-state index < -0.39 is 11.2 Å². The first-order valence-electron chi connectivity index (χ1n) is 3.38. The maximum absolute atomic E-state index is 11.2. The number of halogens is 1. The summed E-state index contributed by atoms with van der Waals surface area (Å²) in [5.74, 6) is 0.654. The van der Waals surface area contributed by atoms with Gasteiger partial charge in [0.25, 0.3) is 0 Å². The van der Waals surface area contributed by atoms with Gasteiger partial charge in [0.1, 0.15) is 5.75 Å². The Morgan fingerprint density at radius 3 is 2.36 bits per heavy atom. The Bertz CT molecular complexity index is 222. The first kappa shape index (κ1) is 8.91. The fraction of sp³-hybridized carbons (Fsp3) is 0.250. The zero-order chi connectivity index (χ0) is 8.27. The molecule has 0 bridgehead atoms. The topological polar surface area (TPSA) is 23.1 Å². The molecule has 0 N–H and O–H groups in total. The Morgan fingerprint density at radius 2 is 1.91 bits per heavy atom. The van der Waals surface area contributed by atoms with E-state index in [-0.39, 0.29) is 0 Å². The molecule has 0 fully saturated rings. The third-order valence-electron chi connectivity index (χ3n) is 1.34. The van der Waals surface area contributed by atoms with E-state index in [1.807, 2.05) is 6.92 Å². The van der Waals surface area contributed by atoms with Crippen LogP contribution in [0.2, 0.25) is 5.02 Å². The van der Waals surface area contributed by atoms with Crippen molar-refractivity contribution >= 4 is 22.8 Å². The SMILES string of the molecule is CC[S+]([O-])c1ccc(Cl)cc1. The fourth-order valence-corrected chi connectivity index (χ4v) is 1.65. The molecule has 1 nitrogen and oxygen atoms in total. The van der Waals surface area contributed by atoms with E-state index in [0.717, 1.165) is 4.90 Å². The highest BCUT2D eigenvalue weighted by molar-refractivity contribution is 7.91. The average molecular weight is 189 g/mol. The highest BCUT2D eigenvalue weighted by Crippen LogP contribution is 2.14. The fourth-order valence-electron chi connectivity index (χ4n) is 0.753. The summed E-state index contributed by atoms with van der Waals surface area (Å²) in [6.07, 6.45) is 0. The predicted molar refractivity (Wildman–Crippen MR) is 48.4 cm³/mol. The minimum atomic E-state index is -0.857. The summed E-state index contributed by atoms with van der Waals surface area (Å²) in [6, 6.07) is 7.10. The van der Waals surface area contributed by atoms with Crippen LogP contribution >= 0.6 is 11.6 Å². The summed E-state index contributed by atoms with van der Waals surface area (Å²) in [5, 5.41) is 0.682. The van der Waals surface area contributed by atoms with Gasteiger partial charge in [-0.2, -0.15) is 0 Å².